The van der Waals surface area contributed by atoms with E-state index < -0.39 is 5.91 Å². The Morgan fingerprint density at radius 1 is 1.12 bits per heavy atom. The van der Waals surface area contributed by atoms with Crippen LogP contribution in [0.2, 0.25) is 0 Å². The van der Waals surface area contributed by atoms with Gasteiger partial charge in [0.15, 0.2) is 5.65 Å². The highest BCUT2D eigenvalue weighted by Crippen LogP contribution is 2.34. The largest absolute Gasteiger partial charge is 0.495 e. The van der Waals surface area contributed by atoms with Gasteiger partial charge in [-0.15, -0.1) is 0 Å². The molecule has 0 unspecified atom stereocenters. The molecule has 0 bridgehead atoms. The minimum Gasteiger partial charge on any atom is -0.495 e. The third-order valence-electron chi connectivity index (χ3n) is 5.62. The van der Waals surface area contributed by atoms with E-state index in [1.54, 1.807) is 30.0 Å². The van der Waals surface area contributed by atoms with Crippen LogP contribution in [0.5, 0.6) is 5.75 Å². The van der Waals surface area contributed by atoms with Gasteiger partial charge in [-0.3, -0.25) is 14.9 Å². The maximum Gasteiger partial charge on any atom is 0.290 e. The number of nitrogens with one attached hydrogen (secondary N) is 1. The van der Waals surface area contributed by atoms with Crippen LogP contribution in [0.15, 0.2) is 41.4 Å². The number of hydrogen-bond donors (Lipinski definition) is 1. The van der Waals surface area contributed by atoms with Crippen molar-refractivity contribution in [3.05, 3.63) is 47.1 Å². The van der Waals surface area contributed by atoms with Crippen LogP contribution in [-0.4, -0.2) is 71.0 Å². The Balaban J connectivity index is 1.50. The highest BCUT2D eigenvalue weighted by Gasteiger charge is 2.25. The molecular formula is C22H22N6O3S. The molecule has 2 aliphatic heterocycles. The Kier molecular flexibility index (Phi) is 5.32. The van der Waals surface area contributed by atoms with Gasteiger partial charge in [0.1, 0.15) is 5.75 Å². The van der Waals surface area contributed by atoms with E-state index in [4.69, 9.17) is 4.74 Å². The molecule has 0 saturated carbocycles. The highest BCUT2D eigenvalue weighted by molar-refractivity contribution is 8.18. The van der Waals surface area contributed by atoms with Crippen LogP contribution in [-0.2, 0) is 4.79 Å². The lowest BCUT2D eigenvalue weighted by molar-refractivity contribution is -0.115. The van der Waals surface area contributed by atoms with Gasteiger partial charge in [0.25, 0.3) is 11.1 Å². The van der Waals surface area contributed by atoms with E-state index >= 15 is 0 Å². The summed E-state index contributed by atoms with van der Waals surface area (Å²) in [5.41, 5.74) is 4.05. The van der Waals surface area contributed by atoms with Crippen molar-refractivity contribution in [2.45, 2.75) is 0 Å². The molecule has 2 saturated heterocycles. The standard InChI is InChI=1S/C22H22N6O3S/c1-26-7-9-27(10-8-26)16-5-3-14(11-18(16)31-2)17-13-23-20-6-4-15(25-28(17)20)12-19-21(29)24-22(30)32-19/h3-6,11-13H,7-10H2,1-2H3,(H,24,29,30)/b19-12-. The number of rotatable bonds is 4. The number of hydrogen-bond acceptors (Lipinski definition) is 8. The maximum absolute atomic E-state index is 11.9. The average Bonchev–Trinajstić information content (AvgIpc) is 3.36. The molecule has 2 amide bonds. The first kappa shape index (κ1) is 20.5. The Morgan fingerprint density at radius 2 is 1.94 bits per heavy atom. The summed E-state index contributed by atoms with van der Waals surface area (Å²) >= 11 is 0.869. The monoisotopic (exact) mass is 450 g/mol. The molecule has 0 spiro atoms. The summed E-state index contributed by atoms with van der Waals surface area (Å²) in [5, 5.41) is 6.50. The number of piperazine rings is 1. The molecule has 4 heterocycles. The van der Waals surface area contributed by atoms with Gasteiger partial charge in [0.05, 0.1) is 35.3 Å². The molecule has 3 aromatic rings. The summed E-state index contributed by atoms with van der Waals surface area (Å²) in [4.78, 5) is 32.7. The van der Waals surface area contributed by atoms with Crippen molar-refractivity contribution < 1.29 is 14.3 Å². The van der Waals surface area contributed by atoms with Crippen LogP contribution >= 0.6 is 11.8 Å². The predicted octanol–water partition coefficient (Wildman–Crippen LogP) is 2.48. The SMILES string of the molecule is COc1cc(-c2cnc3ccc(/C=C4\SC(=O)NC4=O)nn23)ccc1N1CCN(C)CC1. The number of imide groups is 1. The number of benzene rings is 1. The molecule has 0 aliphatic carbocycles. The molecule has 1 N–H and O–H groups in total. The molecular weight excluding hydrogens is 428 g/mol. The second-order valence-corrected chi connectivity index (χ2v) is 8.72. The van der Waals surface area contributed by atoms with Gasteiger partial charge < -0.3 is 14.5 Å². The molecule has 2 aliphatic rings. The van der Waals surface area contributed by atoms with Crippen molar-refractivity contribution in [1.82, 2.24) is 24.8 Å². The zero-order chi connectivity index (χ0) is 22.2. The zero-order valence-electron chi connectivity index (χ0n) is 17.7. The normalized spacial score (nSPS) is 18.6. The highest BCUT2D eigenvalue weighted by atomic mass is 32.2. The molecule has 1 aromatic carbocycles. The third-order valence-corrected chi connectivity index (χ3v) is 6.43. The fourth-order valence-corrected chi connectivity index (χ4v) is 4.53. The Morgan fingerprint density at radius 3 is 2.66 bits per heavy atom. The van der Waals surface area contributed by atoms with E-state index in [0.717, 1.165) is 60.6 Å². The minimum absolute atomic E-state index is 0.321. The van der Waals surface area contributed by atoms with E-state index in [2.05, 4.69) is 38.3 Å². The van der Waals surface area contributed by atoms with Crippen LogP contribution in [0.3, 0.4) is 0 Å². The number of imidazole rings is 1. The number of likely N-dealkylation sites (N-methyl/N-ethyl adjacent to an activating group) is 1. The number of thioether (sulfide) groups is 1. The van der Waals surface area contributed by atoms with Gasteiger partial charge in [0.2, 0.25) is 0 Å². The lowest BCUT2D eigenvalue weighted by Crippen LogP contribution is -2.44. The molecule has 0 radical (unpaired) electrons. The zero-order valence-corrected chi connectivity index (χ0v) is 18.6. The predicted molar refractivity (Wildman–Crippen MR) is 124 cm³/mol. The van der Waals surface area contributed by atoms with E-state index in [9.17, 15) is 9.59 Å². The van der Waals surface area contributed by atoms with E-state index in [-0.39, 0.29) is 5.24 Å². The van der Waals surface area contributed by atoms with Gasteiger partial charge in [-0.25, -0.2) is 9.50 Å². The lowest BCUT2D eigenvalue weighted by atomic mass is 10.1. The van der Waals surface area contributed by atoms with Gasteiger partial charge in [0, 0.05) is 31.7 Å². The summed E-state index contributed by atoms with van der Waals surface area (Å²) in [6.07, 6.45) is 3.37. The third kappa shape index (κ3) is 3.82. The first-order valence-corrected chi connectivity index (χ1v) is 11.0. The van der Waals surface area contributed by atoms with Gasteiger partial charge in [-0.05, 0) is 49.2 Å². The van der Waals surface area contributed by atoms with Crippen molar-refractivity contribution in [2.24, 2.45) is 0 Å². The van der Waals surface area contributed by atoms with Gasteiger partial charge in [-0.1, -0.05) is 6.07 Å². The maximum atomic E-state index is 11.9. The Bertz CT molecular complexity index is 1250. The number of anilines is 1. The first-order valence-electron chi connectivity index (χ1n) is 10.2. The van der Waals surface area contributed by atoms with Crippen molar-refractivity contribution in [2.75, 3.05) is 45.2 Å². The van der Waals surface area contributed by atoms with E-state index in [0.29, 0.717) is 16.2 Å². The molecule has 2 aromatic heterocycles. The van der Waals surface area contributed by atoms with Crippen LogP contribution in [0.25, 0.3) is 23.0 Å². The minimum atomic E-state index is -0.406. The molecule has 9 nitrogen and oxygen atoms in total. The number of methoxy groups -OCH3 is 1. The van der Waals surface area contributed by atoms with Crippen molar-refractivity contribution >= 4 is 40.3 Å². The van der Waals surface area contributed by atoms with Gasteiger partial charge in [-0.2, -0.15) is 5.10 Å². The first-order chi connectivity index (χ1) is 15.5. The Labute approximate surface area is 189 Å². The molecule has 164 valence electrons. The van der Waals surface area contributed by atoms with E-state index in [1.807, 2.05) is 18.2 Å². The fraction of sp³-hybridized carbons (Fsp3) is 0.273. The van der Waals surface area contributed by atoms with Crippen LogP contribution in [0.4, 0.5) is 10.5 Å². The topological polar surface area (TPSA) is 92.1 Å². The number of fused-ring (bicyclic) bond motifs is 1. The second kappa shape index (κ2) is 8.29. The van der Waals surface area contributed by atoms with Crippen molar-refractivity contribution in [3.8, 4) is 17.0 Å². The number of carbonyl (C=O) groups excluding carboxylic acids is 2. The lowest BCUT2D eigenvalue weighted by Gasteiger charge is -2.34. The van der Waals surface area contributed by atoms with Crippen LogP contribution in [0.1, 0.15) is 5.69 Å². The summed E-state index contributed by atoms with van der Waals surface area (Å²) in [6.45, 7) is 3.94. The summed E-state index contributed by atoms with van der Waals surface area (Å²) in [7, 11) is 3.82. The molecule has 2 fully saturated rings. The quantitative estimate of drug-likeness (QED) is 0.606. The summed E-state index contributed by atoms with van der Waals surface area (Å²) in [5.74, 6) is 0.398. The Hall–Kier alpha value is -3.37. The smallest absolute Gasteiger partial charge is 0.290 e. The molecule has 0 atom stereocenters. The summed E-state index contributed by atoms with van der Waals surface area (Å²) < 4.78 is 7.45. The fourth-order valence-electron chi connectivity index (χ4n) is 3.86. The number of amides is 2. The molecule has 32 heavy (non-hydrogen) atoms. The number of carbonyl (C=O) groups is 2. The number of nitrogens with zero attached hydrogens (tertiary/aromatic N) is 5. The van der Waals surface area contributed by atoms with Crippen LogP contribution in [0, 0.1) is 0 Å². The molecule has 10 heteroatoms. The second-order valence-electron chi connectivity index (χ2n) is 7.70. The van der Waals surface area contributed by atoms with Crippen molar-refractivity contribution in [1.29, 1.82) is 0 Å². The number of ether oxygens (including phenoxy) is 1. The average molecular weight is 451 g/mol. The van der Waals surface area contributed by atoms with Crippen molar-refractivity contribution in [3.63, 3.8) is 0 Å². The molecule has 5 rings (SSSR count). The van der Waals surface area contributed by atoms with Gasteiger partial charge >= 0.3 is 0 Å². The van der Waals surface area contributed by atoms with E-state index in [1.165, 1.54) is 0 Å². The number of aromatic nitrogens is 3. The summed E-state index contributed by atoms with van der Waals surface area (Å²) in [6, 6.07) is 9.73. The van der Waals surface area contributed by atoms with Crippen LogP contribution < -0.4 is 15.0 Å².